The van der Waals surface area contributed by atoms with Gasteiger partial charge in [0.15, 0.2) is 5.78 Å². The fourth-order valence-corrected chi connectivity index (χ4v) is 7.03. The number of carbonyl (C=O) groups excluding carboxylic acids is 1. The molecule has 0 aliphatic carbocycles. The van der Waals surface area contributed by atoms with Crippen LogP contribution in [-0.2, 0) is 36.7 Å². The molecule has 0 spiro atoms. The van der Waals surface area contributed by atoms with Gasteiger partial charge in [0.2, 0.25) is 0 Å². The Morgan fingerprint density at radius 2 is 1.53 bits per heavy atom. The van der Waals surface area contributed by atoms with Gasteiger partial charge in [0.05, 0.1) is 15.9 Å². The van der Waals surface area contributed by atoms with E-state index in [4.69, 9.17) is 9.97 Å². The second-order valence-corrected chi connectivity index (χ2v) is 16.6. The predicted octanol–water partition coefficient (Wildman–Crippen LogP) is 13.1. The zero-order valence-electron chi connectivity index (χ0n) is 32.5. The maximum absolute atomic E-state index is 12.2. The second-order valence-electron chi connectivity index (χ2n) is 15.7. The zero-order chi connectivity index (χ0) is 36.9. The van der Waals surface area contributed by atoms with Crippen molar-refractivity contribution in [1.82, 2.24) is 9.97 Å². The summed E-state index contributed by atoms with van der Waals surface area (Å²) in [6.45, 7) is 23.4. The van der Waals surface area contributed by atoms with Gasteiger partial charge in [-0.25, -0.2) is 4.98 Å². The molecule has 0 saturated heterocycles. The van der Waals surface area contributed by atoms with Gasteiger partial charge in [-0.05, 0) is 78.1 Å². The smallest absolute Gasteiger partial charge is 0.164 e. The quantitative estimate of drug-likeness (QED) is 0.0815. The second kappa shape index (κ2) is 17.6. The number of benzene rings is 2. The number of aromatic nitrogens is 2. The first kappa shape index (κ1) is 42.2. The topological polar surface area (TPSA) is 63.1 Å². The molecule has 1 radical (unpaired) electrons. The van der Waals surface area contributed by atoms with Crippen LogP contribution < -0.4 is 0 Å². The molecule has 3 heterocycles. The molecule has 5 aromatic rings. The third kappa shape index (κ3) is 9.83. The molecule has 5 rings (SSSR count). The van der Waals surface area contributed by atoms with Gasteiger partial charge >= 0.3 is 0 Å². The number of hydrogen-bond donors (Lipinski definition) is 1. The van der Waals surface area contributed by atoms with Crippen LogP contribution in [0.4, 0.5) is 0 Å². The zero-order valence-corrected chi connectivity index (χ0v) is 35.7. The summed E-state index contributed by atoms with van der Waals surface area (Å²) in [4.78, 5) is 22.0. The van der Waals surface area contributed by atoms with Crippen LogP contribution in [0.2, 0.25) is 0 Å². The number of allylic oxidation sites excluding steroid dienone is 2. The van der Waals surface area contributed by atoms with Crippen molar-refractivity contribution in [2.24, 2.45) is 16.7 Å². The van der Waals surface area contributed by atoms with Crippen LogP contribution in [0, 0.1) is 22.8 Å². The number of nitrogens with zero attached hydrogens (tertiary/aromatic N) is 2. The van der Waals surface area contributed by atoms with Gasteiger partial charge in [-0.3, -0.25) is 9.78 Å². The Bertz CT molecular complexity index is 1960. The van der Waals surface area contributed by atoms with E-state index in [0.717, 1.165) is 65.5 Å². The molecule has 0 saturated carbocycles. The summed E-state index contributed by atoms with van der Waals surface area (Å²) < 4.78 is 1.25. The summed E-state index contributed by atoms with van der Waals surface area (Å²) in [7, 11) is 0. The third-order valence-corrected chi connectivity index (χ3v) is 11.6. The molecule has 0 bridgehead atoms. The minimum Gasteiger partial charge on any atom is -0.512 e. The maximum atomic E-state index is 12.2. The number of hydrogen-bond acceptors (Lipinski definition) is 5. The van der Waals surface area contributed by atoms with Crippen LogP contribution in [0.5, 0.6) is 0 Å². The standard InChI is InChI=1S/C30H29N2S.C15H28O2.Ir/c1-19(2)14-23-18-33-28-11-10-26(32-29(23)28)21-12-13-31-27(17-21)22-15-20-8-6-7-9-24(20)25(16-22)30(3,4)5;1-7-14(5,8-2)12(16)11-13(17)15(6,9-3)10-4;/h6-13,16-19H,14H2,1-5H3;11,16H,7-10H2,1-6H3;/q-1;;/b;12-11-;. The first-order chi connectivity index (χ1) is 23.6. The minimum absolute atomic E-state index is 0. The normalized spacial score (nSPS) is 12.5. The molecule has 51 heavy (non-hydrogen) atoms. The van der Waals surface area contributed by atoms with E-state index in [9.17, 15) is 9.90 Å². The Hall–Kier alpha value is -3.18. The van der Waals surface area contributed by atoms with Crippen LogP contribution in [0.25, 0.3) is 43.5 Å². The minimum atomic E-state index is -0.337. The number of carbonyl (C=O) groups is 1. The molecule has 0 atom stereocenters. The van der Waals surface area contributed by atoms with Crippen molar-refractivity contribution in [3.05, 3.63) is 95.2 Å². The Balaban J connectivity index is 0.000000335. The summed E-state index contributed by atoms with van der Waals surface area (Å²) in [5.74, 6) is 0.898. The van der Waals surface area contributed by atoms with Crippen LogP contribution >= 0.6 is 11.3 Å². The Morgan fingerprint density at radius 3 is 2.14 bits per heavy atom. The van der Waals surface area contributed by atoms with Gasteiger partial charge in [-0.2, -0.15) is 0 Å². The third-order valence-electron chi connectivity index (χ3n) is 10.6. The molecule has 2 aromatic carbocycles. The number of ketones is 1. The van der Waals surface area contributed by atoms with Crippen molar-refractivity contribution in [2.75, 3.05) is 0 Å². The summed E-state index contributed by atoms with van der Waals surface area (Å²) in [6.07, 6.45) is 7.70. The van der Waals surface area contributed by atoms with E-state index in [-0.39, 0.29) is 47.9 Å². The van der Waals surface area contributed by atoms with Crippen LogP contribution in [0.1, 0.15) is 113 Å². The van der Waals surface area contributed by atoms with E-state index >= 15 is 0 Å². The molecule has 1 N–H and O–H groups in total. The number of aliphatic hydroxyl groups excluding tert-OH is 1. The van der Waals surface area contributed by atoms with E-state index in [0.29, 0.717) is 5.92 Å². The molecule has 3 aromatic heterocycles. The average molecular weight is 882 g/mol. The van der Waals surface area contributed by atoms with Crippen molar-refractivity contribution in [2.45, 2.75) is 114 Å². The molecule has 0 aliphatic heterocycles. The van der Waals surface area contributed by atoms with Crippen molar-refractivity contribution in [3.8, 4) is 22.5 Å². The Labute approximate surface area is 324 Å². The van der Waals surface area contributed by atoms with Gasteiger partial charge in [0.1, 0.15) is 5.76 Å². The maximum Gasteiger partial charge on any atom is 0.164 e. The van der Waals surface area contributed by atoms with Gasteiger partial charge < -0.3 is 5.11 Å². The first-order valence-electron chi connectivity index (χ1n) is 18.3. The first-order valence-corrected chi connectivity index (χ1v) is 19.2. The Morgan fingerprint density at radius 1 is 0.882 bits per heavy atom. The molecule has 4 nitrogen and oxygen atoms in total. The fraction of sp³-hybridized carbons (Fsp3) is 0.444. The summed E-state index contributed by atoms with van der Waals surface area (Å²) in [5, 5.41) is 14.8. The van der Waals surface area contributed by atoms with Crippen molar-refractivity contribution in [3.63, 3.8) is 0 Å². The molecule has 0 amide bonds. The van der Waals surface area contributed by atoms with Gasteiger partial charge in [-0.1, -0.05) is 111 Å². The molecule has 0 aliphatic rings. The van der Waals surface area contributed by atoms with Crippen LogP contribution in [0.3, 0.4) is 0 Å². The summed E-state index contributed by atoms with van der Waals surface area (Å²) >= 11 is 1.78. The van der Waals surface area contributed by atoms with Crippen LogP contribution in [0.15, 0.2) is 78.0 Å². The fourth-order valence-electron chi connectivity index (χ4n) is 6.12. The summed E-state index contributed by atoms with van der Waals surface area (Å²) in [6, 6.07) is 22.9. The predicted molar refractivity (Wildman–Crippen MR) is 215 cm³/mol. The van der Waals surface area contributed by atoms with Gasteiger partial charge in [0, 0.05) is 48.9 Å². The molecular weight excluding hydrogens is 825 g/mol. The number of pyridine rings is 2. The SMILES string of the molecule is CC(C)Cc1csc2ccc(-c3ccnc(-c4[c-]c5ccccc5c(C(C)(C)C)c4)c3)nc12.CCC(C)(CC)C(=O)/C=C(\O)C(C)(CC)CC.[Ir]. The molecule has 0 unspecified atom stereocenters. The number of rotatable bonds is 11. The van der Waals surface area contributed by atoms with E-state index in [2.05, 4.69) is 101 Å². The van der Waals surface area contributed by atoms with E-state index in [1.54, 1.807) is 11.3 Å². The van der Waals surface area contributed by atoms with Crippen molar-refractivity contribution >= 4 is 38.1 Å². The monoisotopic (exact) mass is 882 g/mol. The average Bonchev–Trinajstić information content (AvgIpc) is 3.51. The number of fused-ring (bicyclic) bond motifs is 2. The van der Waals surface area contributed by atoms with Gasteiger partial charge in [0.25, 0.3) is 0 Å². The van der Waals surface area contributed by atoms with Gasteiger partial charge in [-0.15, -0.1) is 40.5 Å². The van der Waals surface area contributed by atoms with E-state index < -0.39 is 0 Å². The Kier molecular flexibility index (Phi) is 14.5. The number of aliphatic hydroxyl groups is 1. The largest absolute Gasteiger partial charge is 0.512 e. The van der Waals surface area contributed by atoms with E-state index in [1.807, 2.05) is 47.7 Å². The summed E-state index contributed by atoms with van der Waals surface area (Å²) in [5.41, 5.74) is 7.25. The molecule has 6 heteroatoms. The van der Waals surface area contributed by atoms with E-state index in [1.165, 1.54) is 27.3 Å². The molecule has 0 fully saturated rings. The van der Waals surface area contributed by atoms with Crippen molar-refractivity contribution < 1.29 is 30.0 Å². The molecule has 275 valence electrons. The number of thiophene rings is 1. The molecular formula is C45H57IrN2O2S-. The van der Waals surface area contributed by atoms with Crippen LogP contribution in [-0.4, -0.2) is 20.9 Å². The van der Waals surface area contributed by atoms with Crippen molar-refractivity contribution in [1.29, 1.82) is 0 Å².